The molecule has 25 heavy (non-hydrogen) atoms. The Kier molecular flexibility index (Phi) is 4.69. The lowest BCUT2D eigenvalue weighted by atomic mass is 10.3. The number of nitrogens with one attached hydrogen (secondary N) is 1. The third-order valence-corrected chi connectivity index (χ3v) is 5.82. The van der Waals surface area contributed by atoms with Crippen LogP contribution < -0.4 is 4.90 Å². The second kappa shape index (κ2) is 6.50. The Morgan fingerprint density at radius 3 is 2.60 bits per heavy atom. The van der Waals surface area contributed by atoms with Gasteiger partial charge in [0, 0.05) is 7.05 Å². The fraction of sp³-hybridized carbons (Fsp3) is 0.400. The van der Waals surface area contributed by atoms with Gasteiger partial charge in [0.1, 0.15) is 6.04 Å². The van der Waals surface area contributed by atoms with Crippen LogP contribution in [0.2, 0.25) is 0 Å². The van der Waals surface area contributed by atoms with Crippen molar-refractivity contribution < 1.29 is 18.1 Å². The predicted molar refractivity (Wildman–Crippen MR) is 92.0 cm³/mol. The van der Waals surface area contributed by atoms with Crippen molar-refractivity contribution in [3.05, 3.63) is 39.9 Å². The number of para-hydroxylation sites is 1. The van der Waals surface area contributed by atoms with Gasteiger partial charge in [0.2, 0.25) is 10.6 Å². The first-order valence-electron chi connectivity index (χ1n) is 7.57. The van der Waals surface area contributed by atoms with E-state index in [1.54, 1.807) is 11.3 Å². The number of alkyl halides is 3. The lowest BCUT2D eigenvalue weighted by Crippen LogP contribution is -3.08. The summed E-state index contributed by atoms with van der Waals surface area (Å²) in [5.74, 6) is -0.988. The molecule has 2 heterocycles. The van der Waals surface area contributed by atoms with Crippen molar-refractivity contribution in [2.75, 3.05) is 7.05 Å². The fourth-order valence-electron chi connectivity index (χ4n) is 2.50. The van der Waals surface area contributed by atoms with Crippen LogP contribution >= 0.6 is 23.6 Å². The maximum absolute atomic E-state index is 13.0. The Labute approximate surface area is 151 Å². The maximum Gasteiger partial charge on any atom is 0.451 e. The molecule has 1 N–H and O–H groups in total. The Morgan fingerprint density at radius 2 is 2.00 bits per heavy atom. The summed E-state index contributed by atoms with van der Waals surface area (Å²) in [5, 5.41) is 4.58. The highest BCUT2D eigenvalue weighted by Gasteiger charge is 2.37. The SMILES string of the molecule is C[C@@H](c1nc2ccccc2s1)[NH+](C)Cn1nc(C(F)(F)F)n(C)c1=S. The van der Waals surface area contributed by atoms with Crippen LogP contribution in [0, 0.1) is 4.77 Å². The Hall–Kier alpha value is -1.78. The van der Waals surface area contributed by atoms with E-state index >= 15 is 0 Å². The zero-order valence-electron chi connectivity index (χ0n) is 13.8. The van der Waals surface area contributed by atoms with E-state index in [0.29, 0.717) is 0 Å². The summed E-state index contributed by atoms with van der Waals surface area (Å²) in [6.45, 7) is 2.21. The van der Waals surface area contributed by atoms with Crippen molar-refractivity contribution >= 4 is 33.8 Å². The van der Waals surface area contributed by atoms with Crippen molar-refractivity contribution in [1.29, 1.82) is 0 Å². The minimum atomic E-state index is -4.53. The molecule has 0 saturated carbocycles. The monoisotopic (exact) mass is 388 g/mol. The number of quaternary nitrogens is 1. The largest absolute Gasteiger partial charge is 0.451 e. The van der Waals surface area contributed by atoms with E-state index < -0.39 is 12.0 Å². The van der Waals surface area contributed by atoms with E-state index in [4.69, 9.17) is 12.2 Å². The number of thiazole rings is 1. The summed E-state index contributed by atoms with van der Waals surface area (Å²) in [6.07, 6.45) is -4.53. The number of aromatic nitrogens is 4. The summed E-state index contributed by atoms with van der Waals surface area (Å²) in [5.41, 5.74) is 0.927. The van der Waals surface area contributed by atoms with Crippen molar-refractivity contribution in [2.24, 2.45) is 7.05 Å². The van der Waals surface area contributed by atoms with Gasteiger partial charge in [0.25, 0.3) is 0 Å². The molecule has 1 aromatic carbocycles. The Balaban J connectivity index is 1.84. The third kappa shape index (κ3) is 3.46. The molecule has 0 aliphatic carbocycles. The molecule has 5 nitrogen and oxygen atoms in total. The van der Waals surface area contributed by atoms with Gasteiger partial charge >= 0.3 is 6.18 Å². The van der Waals surface area contributed by atoms with E-state index in [0.717, 1.165) is 24.7 Å². The molecule has 3 rings (SSSR count). The third-order valence-electron chi connectivity index (χ3n) is 4.11. The molecule has 3 aromatic rings. The highest BCUT2D eigenvalue weighted by atomic mass is 32.1. The van der Waals surface area contributed by atoms with Crippen molar-refractivity contribution in [2.45, 2.75) is 25.8 Å². The second-order valence-electron chi connectivity index (χ2n) is 5.91. The van der Waals surface area contributed by atoms with Crippen molar-refractivity contribution in [1.82, 2.24) is 19.3 Å². The molecule has 0 radical (unpaired) electrons. The number of benzene rings is 1. The molecule has 0 spiro atoms. The van der Waals surface area contributed by atoms with Crippen LogP contribution in [0.15, 0.2) is 24.3 Å². The van der Waals surface area contributed by atoms with Crippen molar-refractivity contribution in [3.8, 4) is 0 Å². The topological polar surface area (TPSA) is 40.1 Å². The van der Waals surface area contributed by atoms with Gasteiger partial charge in [0.05, 0.1) is 17.3 Å². The molecule has 10 heteroatoms. The van der Waals surface area contributed by atoms with E-state index in [9.17, 15) is 13.2 Å². The normalized spacial score (nSPS) is 14.8. The van der Waals surface area contributed by atoms with Gasteiger partial charge < -0.3 is 4.90 Å². The van der Waals surface area contributed by atoms with E-state index in [2.05, 4.69) is 10.1 Å². The first-order chi connectivity index (χ1) is 11.7. The molecule has 2 aromatic heterocycles. The summed E-state index contributed by atoms with van der Waals surface area (Å²) in [7, 11) is 3.17. The van der Waals surface area contributed by atoms with Crippen LogP contribution in [0.1, 0.15) is 23.8 Å². The lowest BCUT2D eigenvalue weighted by molar-refractivity contribution is -0.933. The van der Waals surface area contributed by atoms with Gasteiger partial charge in [0.15, 0.2) is 11.7 Å². The Bertz CT molecular complexity index is 923. The van der Waals surface area contributed by atoms with Crippen molar-refractivity contribution in [3.63, 3.8) is 0 Å². The molecule has 0 amide bonds. The number of hydrogen-bond acceptors (Lipinski definition) is 4. The van der Waals surface area contributed by atoms with Crippen LogP contribution in [0.25, 0.3) is 10.2 Å². The first kappa shape index (κ1) is 18.0. The maximum atomic E-state index is 13.0. The van der Waals surface area contributed by atoms with Gasteiger partial charge in [-0.15, -0.1) is 16.4 Å². The second-order valence-corrected chi connectivity index (χ2v) is 7.34. The smallest absolute Gasteiger partial charge is 0.311 e. The van der Waals surface area contributed by atoms with Crippen LogP contribution in [0.4, 0.5) is 13.2 Å². The van der Waals surface area contributed by atoms with Crippen LogP contribution in [0.5, 0.6) is 0 Å². The van der Waals surface area contributed by atoms with Gasteiger partial charge in [-0.3, -0.25) is 4.57 Å². The molecular weight excluding hydrogens is 371 g/mol. The van der Waals surface area contributed by atoms with Gasteiger partial charge in [-0.25, -0.2) is 4.98 Å². The predicted octanol–water partition coefficient (Wildman–Crippen LogP) is 2.81. The molecule has 0 saturated heterocycles. The number of hydrogen-bond donors (Lipinski definition) is 1. The minimum Gasteiger partial charge on any atom is -0.311 e. The van der Waals surface area contributed by atoms with Crippen LogP contribution in [0.3, 0.4) is 0 Å². The molecule has 0 bridgehead atoms. The van der Waals surface area contributed by atoms with E-state index in [1.165, 1.54) is 11.7 Å². The van der Waals surface area contributed by atoms with Gasteiger partial charge in [-0.05, 0) is 31.3 Å². The summed E-state index contributed by atoms with van der Waals surface area (Å²) in [4.78, 5) is 5.56. The summed E-state index contributed by atoms with van der Waals surface area (Å²) in [6, 6.07) is 7.83. The molecule has 0 aliphatic rings. The highest BCUT2D eigenvalue weighted by Crippen LogP contribution is 2.27. The minimum absolute atomic E-state index is 0.00403. The van der Waals surface area contributed by atoms with E-state index in [-0.39, 0.29) is 17.5 Å². The molecule has 2 atom stereocenters. The number of halogens is 3. The zero-order valence-corrected chi connectivity index (χ0v) is 15.5. The molecule has 134 valence electrons. The lowest BCUT2D eigenvalue weighted by Gasteiger charge is -2.19. The van der Waals surface area contributed by atoms with E-state index in [1.807, 2.05) is 38.2 Å². The standard InChI is InChI=1S/C15H16F3N5S2/c1-9(12-19-10-6-4-5-7-11(10)25-12)21(2)8-23-14(24)22(3)13(20-23)15(16,17)18/h4-7,9H,8H2,1-3H3/p+1/t9-/m0/s1. The molecule has 0 fully saturated rings. The molecule has 0 aliphatic heterocycles. The van der Waals surface area contributed by atoms with Gasteiger partial charge in [-0.1, -0.05) is 12.1 Å². The Morgan fingerprint density at radius 1 is 1.32 bits per heavy atom. The summed E-state index contributed by atoms with van der Waals surface area (Å²) < 4.78 is 42.1. The summed E-state index contributed by atoms with van der Waals surface area (Å²) >= 11 is 6.68. The average molecular weight is 388 g/mol. The average Bonchev–Trinajstić information content (AvgIpc) is 3.10. The fourth-order valence-corrected chi connectivity index (χ4v) is 3.80. The van der Waals surface area contributed by atoms with Crippen LogP contribution in [-0.2, 0) is 19.9 Å². The zero-order chi connectivity index (χ0) is 18.4. The number of nitrogens with zero attached hydrogens (tertiary/aromatic N) is 4. The molecule has 1 unspecified atom stereocenters. The molecular formula is C15H17F3N5S2+. The van der Waals surface area contributed by atoms with Crippen LogP contribution in [-0.4, -0.2) is 26.4 Å². The highest BCUT2D eigenvalue weighted by molar-refractivity contribution is 7.71. The quantitative estimate of drug-likeness (QED) is 0.699. The number of rotatable bonds is 4. The van der Waals surface area contributed by atoms with Gasteiger partial charge in [-0.2, -0.15) is 17.9 Å². The first-order valence-corrected chi connectivity index (χ1v) is 8.79. The number of fused-ring (bicyclic) bond motifs is 1.